The number of epoxide rings is 1. The molecule has 1 spiro atoms. The maximum absolute atomic E-state index is 10.8. The molecule has 106 valence electrons. The third-order valence-electron chi connectivity index (χ3n) is 6.50. The second-order valence-corrected chi connectivity index (χ2v) is 7.07. The summed E-state index contributed by atoms with van der Waals surface area (Å²) in [5.41, 5.74) is -0.180. The highest BCUT2D eigenvalue weighted by Gasteiger charge is 2.86. The van der Waals surface area contributed by atoms with Crippen LogP contribution in [-0.4, -0.2) is 40.4 Å². The van der Waals surface area contributed by atoms with Gasteiger partial charge in [-0.1, -0.05) is 33.3 Å². The Morgan fingerprint density at radius 1 is 1.37 bits per heavy atom. The molecule has 2 aliphatic carbocycles. The van der Waals surface area contributed by atoms with Crippen molar-refractivity contribution in [1.82, 2.24) is 0 Å². The fourth-order valence-electron chi connectivity index (χ4n) is 5.08. The molecule has 0 unspecified atom stereocenters. The van der Waals surface area contributed by atoms with Gasteiger partial charge < -0.3 is 19.7 Å². The highest BCUT2D eigenvalue weighted by atomic mass is 16.7. The molecule has 4 rings (SSSR count). The molecule has 7 atom stereocenters. The number of hydrogen-bond acceptors (Lipinski definition) is 4. The van der Waals surface area contributed by atoms with Crippen LogP contribution < -0.4 is 0 Å². The zero-order valence-corrected chi connectivity index (χ0v) is 11.6. The van der Waals surface area contributed by atoms with Crippen LogP contribution in [0.5, 0.6) is 0 Å². The SMILES string of the molecule is C=C1CO[C@@]2(O)[C@@H](O)[C@H]3CCC[C@H](C)[C@@]3(C)[C@@H]3O[C@@]132. The minimum atomic E-state index is -1.59. The van der Waals surface area contributed by atoms with E-state index < -0.39 is 17.5 Å². The van der Waals surface area contributed by atoms with Crippen LogP contribution in [0.15, 0.2) is 12.2 Å². The number of aliphatic hydroxyl groups is 2. The van der Waals surface area contributed by atoms with Crippen LogP contribution in [0, 0.1) is 17.3 Å². The van der Waals surface area contributed by atoms with E-state index in [-0.39, 0.29) is 24.0 Å². The normalized spacial score (nSPS) is 63.3. The molecule has 4 fully saturated rings. The van der Waals surface area contributed by atoms with E-state index in [1.54, 1.807) is 0 Å². The summed E-state index contributed by atoms with van der Waals surface area (Å²) in [6.07, 6.45) is 2.22. The summed E-state index contributed by atoms with van der Waals surface area (Å²) in [6.45, 7) is 8.72. The van der Waals surface area contributed by atoms with Crippen LogP contribution in [0.2, 0.25) is 0 Å². The van der Waals surface area contributed by atoms with Gasteiger partial charge in [0.2, 0.25) is 5.79 Å². The van der Waals surface area contributed by atoms with E-state index in [4.69, 9.17) is 9.47 Å². The van der Waals surface area contributed by atoms with Crippen molar-refractivity contribution in [2.24, 2.45) is 17.3 Å². The fourth-order valence-corrected chi connectivity index (χ4v) is 5.08. The van der Waals surface area contributed by atoms with E-state index in [0.29, 0.717) is 5.92 Å². The number of ether oxygens (including phenoxy) is 2. The maximum Gasteiger partial charge on any atom is 0.229 e. The number of aliphatic hydroxyl groups excluding tert-OH is 1. The van der Waals surface area contributed by atoms with Crippen molar-refractivity contribution in [3.8, 4) is 0 Å². The quantitative estimate of drug-likeness (QED) is 0.511. The van der Waals surface area contributed by atoms with Gasteiger partial charge in [-0.2, -0.15) is 0 Å². The van der Waals surface area contributed by atoms with Crippen molar-refractivity contribution in [2.75, 3.05) is 6.61 Å². The molecule has 4 aliphatic rings. The number of fused-ring (bicyclic) bond motifs is 2. The van der Waals surface area contributed by atoms with Crippen molar-refractivity contribution >= 4 is 0 Å². The van der Waals surface area contributed by atoms with E-state index in [1.807, 2.05) is 0 Å². The lowest BCUT2D eigenvalue weighted by molar-refractivity contribution is -0.288. The molecule has 2 N–H and O–H groups in total. The Bertz CT molecular complexity index is 463. The van der Waals surface area contributed by atoms with Crippen LogP contribution >= 0.6 is 0 Å². The summed E-state index contributed by atoms with van der Waals surface area (Å²) in [5.74, 6) is -1.08. The summed E-state index contributed by atoms with van der Waals surface area (Å²) < 4.78 is 11.5. The molecule has 0 amide bonds. The van der Waals surface area contributed by atoms with E-state index in [0.717, 1.165) is 24.8 Å². The minimum absolute atomic E-state index is 0.0350. The number of hydrogen-bond donors (Lipinski definition) is 2. The highest BCUT2D eigenvalue weighted by Crippen LogP contribution is 2.71. The lowest BCUT2D eigenvalue weighted by atomic mass is 9.51. The molecule has 2 aliphatic heterocycles. The van der Waals surface area contributed by atoms with Crippen molar-refractivity contribution in [2.45, 2.75) is 56.7 Å². The Morgan fingerprint density at radius 3 is 2.84 bits per heavy atom. The number of rotatable bonds is 0. The average Bonchev–Trinajstić information content (AvgIpc) is 3.09. The molecule has 4 heteroatoms. The van der Waals surface area contributed by atoms with Crippen molar-refractivity contribution in [3.63, 3.8) is 0 Å². The van der Waals surface area contributed by atoms with Gasteiger partial charge in [-0.05, 0) is 23.8 Å². The van der Waals surface area contributed by atoms with E-state index in [9.17, 15) is 10.2 Å². The first-order chi connectivity index (χ1) is 8.89. The average molecular weight is 266 g/mol. The van der Waals surface area contributed by atoms with E-state index in [2.05, 4.69) is 20.4 Å². The van der Waals surface area contributed by atoms with Gasteiger partial charge in [0, 0.05) is 5.41 Å². The second kappa shape index (κ2) is 3.25. The largest absolute Gasteiger partial charge is 0.387 e. The van der Waals surface area contributed by atoms with Gasteiger partial charge in [-0.25, -0.2) is 0 Å². The predicted octanol–water partition coefficient (Wildman–Crippen LogP) is 1.22. The fraction of sp³-hybridized carbons (Fsp3) is 0.867. The molecule has 0 aromatic heterocycles. The molecule has 19 heavy (non-hydrogen) atoms. The first kappa shape index (κ1) is 12.3. The Balaban J connectivity index is 1.86. The highest BCUT2D eigenvalue weighted by molar-refractivity contribution is 5.41. The lowest BCUT2D eigenvalue weighted by Crippen LogP contribution is -2.66. The van der Waals surface area contributed by atoms with Crippen molar-refractivity contribution in [3.05, 3.63) is 12.2 Å². The molecule has 2 saturated carbocycles. The van der Waals surface area contributed by atoms with Crippen molar-refractivity contribution < 1.29 is 19.7 Å². The van der Waals surface area contributed by atoms with E-state index >= 15 is 0 Å². The molecule has 0 aromatic carbocycles. The molecule has 0 aromatic rings. The van der Waals surface area contributed by atoms with Crippen LogP contribution in [0.25, 0.3) is 0 Å². The van der Waals surface area contributed by atoms with Crippen molar-refractivity contribution in [1.29, 1.82) is 0 Å². The zero-order valence-electron chi connectivity index (χ0n) is 11.6. The molecule has 4 nitrogen and oxygen atoms in total. The van der Waals surface area contributed by atoms with Crippen LogP contribution in [0.3, 0.4) is 0 Å². The Hall–Kier alpha value is -0.420. The Labute approximate surface area is 113 Å². The summed E-state index contributed by atoms with van der Waals surface area (Å²) in [6, 6.07) is 0. The summed E-state index contributed by atoms with van der Waals surface area (Å²) in [5, 5.41) is 21.6. The lowest BCUT2D eigenvalue weighted by Gasteiger charge is -2.54. The molecular weight excluding hydrogens is 244 g/mol. The monoisotopic (exact) mass is 266 g/mol. The minimum Gasteiger partial charge on any atom is -0.387 e. The maximum atomic E-state index is 10.8. The van der Waals surface area contributed by atoms with E-state index in [1.165, 1.54) is 0 Å². The first-order valence-electron chi connectivity index (χ1n) is 7.29. The third-order valence-corrected chi connectivity index (χ3v) is 6.50. The van der Waals surface area contributed by atoms with Gasteiger partial charge in [-0.3, -0.25) is 0 Å². The molecule has 0 bridgehead atoms. The van der Waals surface area contributed by atoms with Crippen LogP contribution in [0.4, 0.5) is 0 Å². The Morgan fingerprint density at radius 2 is 2.11 bits per heavy atom. The molecule has 2 saturated heterocycles. The van der Waals surface area contributed by atoms with Gasteiger partial charge in [0.15, 0.2) is 5.60 Å². The standard InChI is InChI=1S/C15H22O4/c1-8-5-4-6-10-11(16)15(17)14(9(2)7-18-15)12(19-14)13(8,10)3/h8,10-12,16-17H,2,4-7H2,1,3H3/t8-,10+,11-,12-,13+,14-,15-/m0/s1. The van der Waals surface area contributed by atoms with Crippen LogP contribution in [0.1, 0.15) is 33.1 Å². The van der Waals surface area contributed by atoms with Crippen LogP contribution in [-0.2, 0) is 9.47 Å². The van der Waals surface area contributed by atoms with Gasteiger partial charge >= 0.3 is 0 Å². The summed E-state index contributed by atoms with van der Waals surface area (Å²) in [4.78, 5) is 0. The summed E-state index contributed by atoms with van der Waals surface area (Å²) >= 11 is 0. The van der Waals surface area contributed by atoms with Gasteiger partial charge in [0.25, 0.3) is 0 Å². The third kappa shape index (κ3) is 1.06. The van der Waals surface area contributed by atoms with Gasteiger partial charge in [0.1, 0.15) is 12.2 Å². The zero-order chi connectivity index (χ0) is 13.6. The smallest absolute Gasteiger partial charge is 0.229 e. The van der Waals surface area contributed by atoms with Gasteiger partial charge in [-0.15, -0.1) is 0 Å². The Kier molecular flexibility index (Phi) is 2.11. The molecular formula is C15H22O4. The molecule has 2 heterocycles. The first-order valence-corrected chi connectivity index (χ1v) is 7.29. The summed E-state index contributed by atoms with van der Waals surface area (Å²) in [7, 11) is 0. The second-order valence-electron chi connectivity index (χ2n) is 7.07. The topological polar surface area (TPSA) is 62.2 Å². The van der Waals surface area contributed by atoms with Gasteiger partial charge in [0.05, 0.1) is 6.61 Å². The predicted molar refractivity (Wildman–Crippen MR) is 68.3 cm³/mol. The molecule has 0 radical (unpaired) electrons.